The van der Waals surface area contributed by atoms with Crippen molar-refractivity contribution in [3.63, 3.8) is 0 Å². The Bertz CT molecular complexity index is 1380. The van der Waals surface area contributed by atoms with E-state index in [4.69, 9.17) is 9.72 Å². The monoisotopic (exact) mass is 500 g/mol. The highest BCUT2D eigenvalue weighted by Gasteiger charge is 2.23. The number of anilines is 2. The molecular formula is C27H32N8O2. The number of aromatic nitrogens is 6. The number of fused-ring (bicyclic) bond motifs is 1. The smallest absolute Gasteiger partial charge is 0.248 e. The third kappa shape index (κ3) is 5.91. The zero-order chi connectivity index (χ0) is 25.8. The Hall–Kier alpha value is -3.92. The van der Waals surface area contributed by atoms with Crippen molar-refractivity contribution in [1.82, 2.24) is 34.8 Å². The first-order valence-electron chi connectivity index (χ1n) is 12.6. The van der Waals surface area contributed by atoms with Crippen LogP contribution in [-0.4, -0.2) is 67.6 Å². The number of amides is 1. The first-order valence-corrected chi connectivity index (χ1v) is 12.6. The number of ether oxygens (including phenoxy) is 1. The van der Waals surface area contributed by atoms with Gasteiger partial charge in [0.1, 0.15) is 12.4 Å². The number of methoxy groups -OCH3 is 1. The summed E-state index contributed by atoms with van der Waals surface area (Å²) >= 11 is 0. The standard InChI is InChI=1S/C27H32N8O2/c1-18(2)20-11-26(33-29-13-20)32-25-5-4-23-24(31-25)10-21(12-28-23)22-14-30-35(16-22)15-19-6-8-34(9-7-19)27(36)17-37-3/h4-5,10-14,16,18-19H,6-9,15,17H2,1-3H3,(H,31,32,33). The van der Waals surface area contributed by atoms with Gasteiger partial charge in [-0.2, -0.15) is 10.2 Å². The number of nitrogens with zero attached hydrogens (tertiary/aromatic N) is 7. The molecule has 1 N–H and O–H groups in total. The van der Waals surface area contributed by atoms with Crippen LogP contribution in [0.25, 0.3) is 22.2 Å². The molecule has 1 fully saturated rings. The van der Waals surface area contributed by atoms with Gasteiger partial charge in [0.25, 0.3) is 0 Å². The molecule has 1 aliphatic heterocycles. The van der Waals surface area contributed by atoms with Gasteiger partial charge in [-0.15, -0.1) is 5.10 Å². The van der Waals surface area contributed by atoms with Crippen LogP contribution in [0.15, 0.2) is 49.1 Å². The number of hydrogen-bond acceptors (Lipinski definition) is 8. The van der Waals surface area contributed by atoms with E-state index < -0.39 is 0 Å². The summed E-state index contributed by atoms with van der Waals surface area (Å²) in [5.41, 5.74) is 4.68. The second-order valence-electron chi connectivity index (χ2n) is 9.82. The van der Waals surface area contributed by atoms with Gasteiger partial charge in [0.2, 0.25) is 5.91 Å². The Kier molecular flexibility index (Phi) is 7.36. The van der Waals surface area contributed by atoms with Crippen molar-refractivity contribution < 1.29 is 9.53 Å². The lowest BCUT2D eigenvalue weighted by atomic mass is 9.97. The van der Waals surface area contributed by atoms with Gasteiger partial charge in [0, 0.05) is 50.3 Å². The van der Waals surface area contributed by atoms with Crippen LogP contribution in [0.3, 0.4) is 0 Å². The van der Waals surface area contributed by atoms with Crippen molar-refractivity contribution in [2.24, 2.45) is 5.92 Å². The first kappa shape index (κ1) is 24.8. The van der Waals surface area contributed by atoms with Crippen molar-refractivity contribution in [3.05, 3.63) is 54.6 Å². The van der Waals surface area contributed by atoms with E-state index in [1.54, 1.807) is 13.3 Å². The number of carbonyl (C=O) groups is 1. The number of carbonyl (C=O) groups excluding carboxylic acids is 1. The van der Waals surface area contributed by atoms with Gasteiger partial charge < -0.3 is 15.0 Å². The maximum absolute atomic E-state index is 12.0. The van der Waals surface area contributed by atoms with E-state index in [0.29, 0.717) is 23.5 Å². The lowest BCUT2D eigenvalue weighted by Crippen LogP contribution is -2.41. The Morgan fingerprint density at radius 1 is 1.08 bits per heavy atom. The average molecular weight is 501 g/mol. The van der Waals surface area contributed by atoms with Crippen LogP contribution in [-0.2, 0) is 16.1 Å². The summed E-state index contributed by atoms with van der Waals surface area (Å²) in [5, 5.41) is 16.1. The largest absolute Gasteiger partial charge is 0.375 e. The number of nitrogens with one attached hydrogen (secondary N) is 1. The molecule has 1 saturated heterocycles. The Labute approximate surface area is 216 Å². The molecule has 0 unspecified atom stereocenters. The molecule has 0 bridgehead atoms. The molecule has 0 atom stereocenters. The third-order valence-corrected chi connectivity index (χ3v) is 6.78. The molecule has 1 aliphatic rings. The second-order valence-corrected chi connectivity index (χ2v) is 9.82. The fourth-order valence-corrected chi connectivity index (χ4v) is 4.58. The Balaban J connectivity index is 1.26. The zero-order valence-electron chi connectivity index (χ0n) is 21.5. The molecule has 4 aromatic heterocycles. The van der Waals surface area contributed by atoms with Crippen LogP contribution in [0, 0.1) is 5.92 Å². The highest BCUT2D eigenvalue weighted by molar-refractivity contribution is 5.81. The second kappa shape index (κ2) is 11.0. The van der Waals surface area contributed by atoms with Crippen molar-refractivity contribution in [2.75, 3.05) is 32.1 Å². The van der Waals surface area contributed by atoms with Crippen molar-refractivity contribution >= 4 is 28.6 Å². The molecule has 4 aromatic rings. The summed E-state index contributed by atoms with van der Waals surface area (Å²) in [6.45, 7) is 6.77. The van der Waals surface area contributed by atoms with Gasteiger partial charge in [-0.25, -0.2) is 4.98 Å². The van der Waals surface area contributed by atoms with Gasteiger partial charge in [-0.3, -0.25) is 14.5 Å². The minimum atomic E-state index is 0.0649. The molecule has 0 saturated carbocycles. The summed E-state index contributed by atoms with van der Waals surface area (Å²) in [5.74, 6) is 2.27. The van der Waals surface area contributed by atoms with Gasteiger partial charge >= 0.3 is 0 Å². The number of piperidine rings is 1. The van der Waals surface area contributed by atoms with Crippen LogP contribution in [0.1, 0.15) is 38.2 Å². The maximum atomic E-state index is 12.0. The third-order valence-electron chi connectivity index (χ3n) is 6.78. The normalized spacial score (nSPS) is 14.4. The van der Waals surface area contributed by atoms with Crippen LogP contribution >= 0.6 is 0 Å². The fraction of sp³-hybridized carbons (Fsp3) is 0.407. The van der Waals surface area contributed by atoms with Crippen molar-refractivity contribution in [1.29, 1.82) is 0 Å². The number of likely N-dealkylation sites (tertiary alicyclic amines) is 1. The SMILES string of the molecule is COCC(=O)N1CCC(Cn2cc(-c3cnc4ccc(Nc5cc(C(C)C)cnn5)nc4c3)cn2)CC1. The van der Waals surface area contributed by atoms with Gasteiger partial charge in [0.05, 0.1) is 23.4 Å². The lowest BCUT2D eigenvalue weighted by Gasteiger charge is -2.31. The molecule has 0 aliphatic carbocycles. The van der Waals surface area contributed by atoms with E-state index in [0.717, 1.165) is 60.2 Å². The van der Waals surface area contributed by atoms with Crippen molar-refractivity contribution in [3.8, 4) is 11.1 Å². The molecule has 10 nitrogen and oxygen atoms in total. The van der Waals surface area contributed by atoms with E-state index in [-0.39, 0.29) is 12.5 Å². The van der Waals surface area contributed by atoms with Crippen molar-refractivity contribution in [2.45, 2.75) is 39.2 Å². The van der Waals surface area contributed by atoms with E-state index in [2.05, 4.69) is 45.6 Å². The van der Waals surface area contributed by atoms with Crippen LogP contribution in [0.5, 0.6) is 0 Å². The molecule has 10 heteroatoms. The van der Waals surface area contributed by atoms with E-state index in [1.807, 2.05) is 46.2 Å². The molecule has 37 heavy (non-hydrogen) atoms. The average Bonchev–Trinajstić information content (AvgIpc) is 3.37. The number of pyridine rings is 2. The highest BCUT2D eigenvalue weighted by atomic mass is 16.5. The van der Waals surface area contributed by atoms with Crippen LogP contribution in [0.4, 0.5) is 11.6 Å². The minimum absolute atomic E-state index is 0.0649. The molecule has 5 heterocycles. The van der Waals surface area contributed by atoms with Gasteiger partial charge in [-0.05, 0) is 54.5 Å². The molecule has 0 aromatic carbocycles. The lowest BCUT2D eigenvalue weighted by molar-refractivity contribution is -0.136. The van der Waals surface area contributed by atoms with Gasteiger partial charge in [0.15, 0.2) is 5.82 Å². The first-order chi connectivity index (χ1) is 18.0. The summed E-state index contributed by atoms with van der Waals surface area (Å²) in [6, 6.07) is 7.87. The summed E-state index contributed by atoms with van der Waals surface area (Å²) in [7, 11) is 1.55. The molecule has 0 spiro atoms. The van der Waals surface area contributed by atoms with E-state index >= 15 is 0 Å². The van der Waals surface area contributed by atoms with Gasteiger partial charge in [-0.1, -0.05) is 13.8 Å². The van der Waals surface area contributed by atoms with Crippen LogP contribution < -0.4 is 5.32 Å². The quantitative estimate of drug-likeness (QED) is 0.386. The number of hydrogen-bond donors (Lipinski definition) is 1. The molecule has 5 rings (SSSR count). The molecule has 0 radical (unpaired) electrons. The van der Waals surface area contributed by atoms with Crippen LogP contribution in [0.2, 0.25) is 0 Å². The number of rotatable bonds is 8. The molecular weight excluding hydrogens is 468 g/mol. The predicted molar refractivity (Wildman–Crippen MR) is 141 cm³/mol. The molecule has 1 amide bonds. The fourth-order valence-electron chi connectivity index (χ4n) is 4.58. The predicted octanol–water partition coefficient (Wildman–Crippen LogP) is 4.04. The summed E-state index contributed by atoms with van der Waals surface area (Å²) in [6.07, 6.45) is 9.50. The Morgan fingerprint density at radius 3 is 2.70 bits per heavy atom. The maximum Gasteiger partial charge on any atom is 0.248 e. The Morgan fingerprint density at radius 2 is 1.92 bits per heavy atom. The zero-order valence-corrected chi connectivity index (χ0v) is 21.5. The van der Waals surface area contributed by atoms with E-state index in [1.165, 1.54) is 0 Å². The topological polar surface area (TPSA) is 111 Å². The minimum Gasteiger partial charge on any atom is -0.375 e. The van der Waals surface area contributed by atoms with E-state index in [9.17, 15) is 4.79 Å². The highest BCUT2D eigenvalue weighted by Crippen LogP contribution is 2.25. The molecule has 192 valence electrons. The summed E-state index contributed by atoms with van der Waals surface area (Å²) in [4.78, 5) is 23.3. The summed E-state index contributed by atoms with van der Waals surface area (Å²) < 4.78 is 6.96.